The molecule has 24 heavy (non-hydrogen) atoms. The first-order valence-electron chi connectivity index (χ1n) is 8.10. The Kier molecular flexibility index (Phi) is 5.74. The van der Waals surface area contributed by atoms with Crippen LogP contribution in [0.2, 0.25) is 0 Å². The average Bonchev–Trinajstić information content (AvgIpc) is 2.52. The maximum absolute atomic E-state index is 12.2. The van der Waals surface area contributed by atoms with Crippen LogP contribution < -0.4 is 10.2 Å². The van der Waals surface area contributed by atoms with Gasteiger partial charge < -0.3 is 10.2 Å². The van der Waals surface area contributed by atoms with E-state index < -0.39 is 0 Å². The molecule has 0 saturated heterocycles. The number of carbonyl (C=O) groups is 2. The Morgan fingerprint density at radius 1 is 0.917 bits per heavy atom. The van der Waals surface area contributed by atoms with Gasteiger partial charge in [-0.25, -0.2) is 0 Å². The van der Waals surface area contributed by atoms with Crippen molar-refractivity contribution in [1.82, 2.24) is 0 Å². The van der Waals surface area contributed by atoms with E-state index in [1.807, 2.05) is 63.2 Å². The largest absolute Gasteiger partial charge is 0.326 e. The molecular weight excluding hydrogens is 300 g/mol. The molecule has 0 heterocycles. The van der Waals surface area contributed by atoms with E-state index in [2.05, 4.69) is 5.32 Å². The van der Waals surface area contributed by atoms with E-state index in [4.69, 9.17) is 0 Å². The lowest BCUT2D eigenvalue weighted by atomic mass is 10.1. The Labute approximate surface area is 143 Å². The predicted molar refractivity (Wildman–Crippen MR) is 98.4 cm³/mol. The first-order chi connectivity index (χ1) is 11.4. The molecule has 2 amide bonds. The van der Waals surface area contributed by atoms with E-state index in [0.29, 0.717) is 6.54 Å². The van der Waals surface area contributed by atoms with Crippen molar-refractivity contribution < 1.29 is 9.59 Å². The number of hydrogen-bond donors (Lipinski definition) is 1. The number of para-hydroxylation sites is 2. The van der Waals surface area contributed by atoms with Crippen LogP contribution in [0.3, 0.4) is 0 Å². The molecule has 2 aromatic rings. The number of rotatable bonds is 5. The molecule has 126 valence electrons. The lowest BCUT2D eigenvalue weighted by Crippen LogP contribution is -2.33. The van der Waals surface area contributed by atoms with Crippen LogP contribution in [0.4, 0.5) is 11.4 Å². The molecule has 4 heteroatoms. The summed E-state index contributed by atoms with van der Waals surface area (Å²) in [5, 5.41) is 2.91. The number of benzene rings is 2. The van der Waals surface area contributed by atoms with E-state index >= 15 is 0 Å². The number of nitrogens with zero attached hydrogens (tertiary/aromatic N) is 1. The van der Waals surface area contributed by atoms with Gasteiger partial charge in [0.1, 0.15) is 0 Å². The van der Waals surface area contributed by atoms with Crippen LogP contribution in [0.25, 0.3) is 0 Å². The molecule has 0 atom stereocenters. The topological polar surface area (TPSA) is 49.4 Å². The minimum Gasteiger partial charge on any atom is -0.326 e. The first kappa shape index (κ1) is 17.7. The van der Waals surface area contributed by atoms with Crippen molar-refractivity contribution in [2.24, 2.45) is 0 Å². The third-order valence-electron chi connectivity index (χ3n) is 4.07. The van der Waals surface area contributed by atoms with Gasteiger partial charge in [-0.05, 0) is 43.5 Å². The second-order valence-electron chi connectivity index (χ2n) is 6.02. The molecule has 0 radical (unpaired) electrons. The summed E-state index contributed by atoms with van der Waals surface area (Å²) in [7, 11) is 0. The molecule has 4 nitrogen and oxygen atoms in total. The van der Waals surface area contributed by atoms with Crippen LogP contribution in [0.15, 0.2) is 42.5 Å². The molecule has 0 bridgehead atoms. The highest BCUT2D eigenvalue weighted by Crippen LogP contribution is 2.25. The molecule has 0 saturated carbocycles. The van der Waals surface area contributed by atoms with Crippen molar-refractivity contribution in [1.29, 1.82) is 0 Å². The third kappa shape index (κ3) is 4.22. The lowest BCUT2D eigenvalue weighted by molar-refractivity contribution is -0.117. The Morgan fingerprint density at radius 2 is 1.50 bits per heavy atom. The van der Waals surface area contributed by atoms with Gasteiger partial charge in [0.2, 0.25) is 11.8 Å². The number of aryl methyl sites for hydroxylation is 3. The summed E-state index contributed by atoms with van der Waals surface area (Å²) in [5.41, 5.74) is 4.79. The van der Waals surface area contributed by atoms with E-state index in [1.54, 1.807) is 4.90 Å². The zero-order valence-corrected chi connectivity index (χ0v) is 14.7. The summed E-state index contributed by atoms with van der Waals surface area (Å²) in [4.78, 5) is 26.0. The van der Waals surface area contributed by atoms with Crippen LogP contribution >= 0.6 is 0 Å². The van der Waals surface area contributed by atoms with E-state index in [-0.39, 0.29) is 18.2 Å². The molecule has 0 aromatic heterocycles. The van der Waals surface area contributed by atoms with Gasteiger partial charge in [0, 0.05) is 31.3 Å². The molecule has 2 rings (SSSR count). The number of hydrogen-bond acceptors (Lipinski definition) is 2. The Hall–Kier alpha value is -2.62. The molecule has 0 aliphatic carbocycles. The minimum absolute atomic E-state index is 0.0592. The molecule has 0 aliphatic rings. The quantitative estimate of drug-likeness (QED) is 0.904. The highest BCUT2D eigenvalue weighted by atomic mass is 16.2. The summed E-state index contributed by atoms with van der Waals surface area (Å²) in [6, 6.07) is 13.6. The maximum atomic E-state index is 12.2. The minimum atomic E-state index is -0.0956. The van der Waals surface area contributed by atoms with Gasteiger partial charge in [-0.15, -0.1) is 0 Å². The van der Waals surface area contributed by atoms with Crippen molar-refractivity contribution in [2.45, 2.75) is 34.1 Å². The molecule has 1 N–H and O–H groups in total. The fourth-order valence-corrected chi connectivity index (χ4v) is 2.80. The Bertz CT molecular complexity index is 733. The van der Waals surface area contributed by atoms with Gasteiger partial charge in [-0.1, -0.05) is 36.4 Å². The van der Waals surface area contributed by atoms with Gasteiger partial charge in [-0.3, -0.25) is 9.59 Å². The molecule has 0 aliphatic heterocycles. The maximum Gasteiger partial charge on any atom is 0.226 e. The zero-order chi connectivity index (χ0) is 17.7. The van der Waals surface area contributed by atoms with Gasteiger partial charge in [0.25, 0.3) is 0 Å². The second-order valence-corrected chi connectivity index (χ2v) is 6.02. The van der Waals surface area contributed by atoms with E-state index in [9.17, 15) is 9.59 Å². The smallest absolute Gasteiger partial charge is 0.226 e. The average molecular weight is 324 g/mol. The van der Waals surface area contributed by atoms with E-state index in [0.717, 1.165) is 28.1 Å². The number of anilines is 2. The fraction of sp³-hybridized carbons (Fsp3) is 0.300. The predicted octanol–water partition coefficient (Wildman–Crippen LogP) is 3.99. The monoisotopic (exact) mass is 324 g/mol. The Morgan fingerprint density at radius 3 is 2.08 bits per heavy atom. The van der Waals surface area contributed by atoms with Gasteiger partial charge in [-0.2, -0.15) is 0 Å². The zero-order valence-electron chi connectivity index (χ0n) is 14.7. The van der Waals surface area contributed by atoms with Crippen LogP contribution in [0.1, 0.15) is 30.0 Å². The van der Waals surface area contributed by atoms with Crippen molar-refractivity contribution in [3.05, 3.63) is 59.2 Å². The normalized spacial score (nSPS) is 10.3. The lowest BCUT2D eigenvalue weighted by Gasteiger charge is -2.25. The fourth-order valence-electron chi connectivity index (χ4n) is 2.80. The standard InChI is InChI=1S/C20H24N2O2/c1-14-8-5-6-11-18(14)21-19(24)12-13-22(17(4)23)20-15(2)9-7-10-16(20)3/h5-11H,12-13H2,1-4H3,(H,21,24). The summed E-state index contributed by atoms with van der Waals surface area (Å²) in [5.74, 6) is -0.155. The molecular formula is C20H24N2O2. The summed E-state index contributed by atoms with van der Waals surface area (Å²) in [6.07, 6.45) is 0.252. The van der Waals surface area contributed by atoms with Crippen molar-refractivity contribution in [3.63, 3.8) is 0 Å². The summed E-state index contributed by atoms with van der Waals surface area (Å²) >= 11 is 0. The Balaban J connectivity index is 2.08. The number of nitrogens with one attached hydrogen (secondary N) is 1. The van der Waals surface area contributed by atoms with Crippen LogP contribution in [0.5, 0.6) is 0 Å². The van der Waals surface area contributed by atoms with Crippen LogP contribution in [-0.4, -0.2) is 18.4 Å². The highest BCUT2D eigenvalue weighted by molar-refractivity contribution is 5.96. The van der Waals surface area contributed by atoms with Crippen molar-refractivity contribution in [2.75, 3.05) is 16.8 Å². The van der Waals surface area contributed by atoms with E-state index in [1.165, 1.54) is 6.92 Å². The van der Waals surface area contributed by atoms with Crippen LogP contribution in [-0.2, 0) is 9.59 Å². The second kappa shape index (κ2) is 7.77. The SMILES string of the molecule is CC(=O)N(CCC(=O)Nc1ccccc1C)c1c(C)cccc1C. The third-order valence-corrected chi connectivity index (χ3v) is 4.07. The van der Waals surface area contributed by atoms with Crippen molar-refractivity contribution >= 4 is 23.2 Å². The molecule has 0 spiro atoms. The van der Waals surface area contributed by atoms with Gasteiger partial charge in [0.05, 0.1) is 0 Å². The summed E-state index contributed by atoms with van der Waals surface area (Å²) < 4.78 is 0. The molecule has 2 aromatic carbocycles. The first-order valence-corrected chi connectivity index (χ1v) is 8.10. The van der Waals surface area contributed by atoms with Crippen molar-refractivity contribution in [3.8, 4) is 0 Å². The van der Waals surface area contributed by atoms with Gasteiger partial charge >= 0.3 is 0 Å². The number of amides is 2. The van der Waals surface area contributed by atoms with Crippen LogP contribution in [0, 0.1) is 20.8 Å². The molecule has 0 unspecified atom stereocenters. The summed E-state index contributed by atoms with van der Waals surface area (Å²) in [6.45, 7) is 7.80. The van der Waals surface area contributed by atoms with Gasteiger partial charge in [0.15, 0.2) is 0 Å². The molecule has 0 fully saturated rings. The highest BCUT2D eigenvalue weighted by Gasteiger charge is 2.17. The number of carbonyl (C=O) groups excluding carboxylic acids is 2.